The minimum Gasteiger partial charge on any atom is -0.381 e. The van der Waals surface area contributed by atoms with Crippen molar-refractivity contribution in [1.29, 1.82) is 0 Å². The van der Waals surface area contributed by atoms with Gasteiger partial charge in [-0.25, -0.2) is 0 Å². The molecular formula is C17H25ClN2O2. The van der Waals surface area contributed by atoms with E-state index in [2.05, 4.69) is 24.5 Å². The third-order valence-electron chi connectivity index (χ3n) is 4.29. The number of hydrogen-bond donors (Lipinski definition) is 2. The fourth-order valence-electron chi connectivity index (χ4n) is 3.02. The number of carbonyl (C=O) groups is 1. The lowest BCUT2D eigenvalue weighted by Gasteiger charge is -2.37. The van der Waals surface area contributed by atoms with Crippen molar-refractivity contribution in [3.8, 4) is 0 Å². The molecule has 0 aliphatic carbocycles. The second-order valence-electron chi connectivity index (χ2n) is 5.84. The van der Waals surface area contributed by atoms with Crippen LogP contribution in [0.3, 0.4) is 0 Å². The van der Waals surface area contributed by atoms with Crippen LogP contribution >= 0.6 is 11.6 Å². The number of likely N-dealkylation sites (N-methyl/N-ethyl adjacent to an activating group) is 1. The highest BCUT2D eigenvalue weighted by Gasteiger charge is 2.42. The highest BCUT2D eigenvalue weighted by Crippen LogP contribution is 2.38. The van der Waals surface area contributed by atoms with E-state index in [4.69, 9.17) is 16.3 Å². The summed E-state index contributed by atoms with van der Waals surface area (Å²) in [7, 11) is 0. The van der Waals surface area contributed by atoms with Crippen molar-refractivity contribution >= 4 is 17.5 Å². The first-order valence-corrected chi connectivity index (χ1v) is 8.32. The summed E-state index contributed by atoms with van der Waals surface area (Å²) in [4.78, 5) is 12.9. The molecule has 22 heavy (non-hydrogen) atoms. The molecule has 0 bridgehead atoms. The summed E-state index contributed by atoms with van der Waals surface area (Å²) < 4.78 is 5.47. The topological polar surface area (TPSA) is 50.4 Å². The molecule has 0 saturated carbocycles. The van der Waals surface area contributed by atoms with Crippen molar-refractivity contribution in [2.24, 2.45) is 0 Å². The normalized spacial score (nSPS) is 18.7. The zero-order valence-corrected chi connectivity index (χ0v) is 14.1. The van der Waals surface area contributed by atoms with E-state index in [1.807, 2.05) is 24.3 Å². The van der Waals surface area contributed by atoms with E-state index in [9.17, 15) is 4.79 Å². The van der Waals surface area contributed by atoms with E-state index in [-0.39, 0.29) is 11.9 Å². The Labute approximate surface area is 137 Å². The largest absolute Gasteiger partial charge is 0.381 e. The van der Waals surface area contributed by atoms with Gasteiger partial charge in [-0.05, 0) is 37.9 Å². The molecule has 1 heterocycles. The molecule has 4 nitrogen and oxygen atoms in total. The second kappa shape index (κ2) is 7.95. The zero-order chi connectivity index (χ0) is 16.0. The molecule has 1 aliphatic heterocycles. The summed E-state index contributed by atoms with van der Waals surface area (Å²) in [5.74, 6) is 0.0497. The standard InChI is InChI=1S/C17H25ClN2O2/c1-3-19-13(2)12-20-16(21)17(8-10-22-11-9-17)14-6-4-5-7-15(14)18/h4-7,13,19H,3,8-12H2,1-2H3,(H,20,21)/t13-/m1/s1. The number of benzene rings is 1. The molecular weight excluding hydrogens is 300 g/mol. The van der Waals surface area contributed by atoms with E-state index in [1.165, 1.54) is 0 Å². The van der Waals surface area contributed by atoms with Crippen LogP contribution in [-0.2, 0) is 14.9 Å². The monoisotopic (exact) mass is 324 g/mol. The van der Waals surface area contributed by atoms with Gasteiger partial charge in [-0.1, -0.05) is 36.7 Å². The van der Waals surface area contributed by atoms with Gasteiger partial charge >= 0.3 is 0 Å². The molecule has 122 valence electrons. The molecule has 0 radical (unpaired) electrons. The Bertz CT molecular complexity index is 501. The summed E-state index contributed by atoms with van der Waals surface area (Å²) >= 11 is 6.37. The van der Waals surface area contributed by atoms with Gasteiger partial charge < -0.3 is 15.4 Å². The van der Waals surface area contributed by atoms with Gasteiger partial charge in [-0.3, -0.25) is 4.79 Å². The van der Waals surface area contributed by atoms with Crippen LogP contribution in [0.4, 0.5) is 0 Å². The highest BCUT2D eigenvalue weighted by atomic mass is 35.5. The molecule has 1 fully saturated rings. The van der Waals surface area contributed by atoms with Crippen molar-refractivity contribution in [1.82, 2.24) is 10.6 Å². The quantitative estimate of drug-likeness (QED) is 0.845. The van der Waals surface area contributed by atoms with Gasteiger partial charge in [0.25, 0.3) is 0 Å². The number of halogens is 1. The molecule has 2 rings (SSSR count). The molecule has 1 aliphatic rings. The molecule has 1 amide bonds. The Morgan fingerprint density at radius 3 is 2.68 bits per heavy atom. The predicted octanol–water partition coefficient (Wildman–Crippen LogP) is 2.50. The maximum Gasteiger partial charge on any atom is 0.230 e. The fraction of sp³-hybridized carbons (Fsp3) is 0.588. The highest BCUT2D eigenvalue weighted by molar-refractivity contribution is 6.31. The minimum atomic E-state index is -0.581. The molecule has 1 saturated heterocycles. The maximum atomic E-state index is 12.9. The number of nitrogens with one attached hydrogen (secondary N) is 2. The van der Waals surface area contributed by atoms with Crippen molar-refractivity contribution in [2.75, 3.05) is 26.3 Å². The van der Waals surface area contributed by atoms with Crippen LogP contribution in [-0.4, -0.2) is 38.3 Å². The lowest BCUT2D eigenvalue weighted by molar-refractivity contribution is -0.130. The first-order valence-electron chi connectivity index (χ1n) is 7.94. The van der Waals surface area contributed by atoms with Crippen LogP contribution in [0.5, 0.6) is 0 Å². The van der Waals surface area contributed by atoms with E-state index in [0.29, 0.717) is 37.6 Å². The van der Waals surface area contributed by atoms with E-state index in [0.717, 1.165) is 12.1 Å². The minimum absolute atomic E-state index is 0.0497. The van der Waals surface area contributed by atoms with Crippen LogP contribution in [0.15, 0.2) is 24.3 Å². The Kier molecular flexibility index (Phi) is 6.24. The Morgan fingerprint density at radius 2 is 2.05 bits per heavy atom. The van der Waals surface area contributed by atoms with Crippen molar-refractivity contribution < 1.29 is 9.53 Å². The molecule has 0 spiro atoms. The molecule has 5 heteroatoms. The Balaban J connectivity index is 2.19. The zero-order valence-electron chi connectivity index (χ0n) is 13.3. The number of ether oxygens (including phenoxy) is 1. The van der Waals surface area contributed by atoms with Gasteiger partial charge in [0.05, 0.1) is 5.41 Å². The van der Waals surface area contributed by atoms with Crippen molar-refractivity contribution in [3.05, 3.63) is 34.9 Å². The van der Waals surface area contributed by atoms with Gasteiger partial charge in [-0.2, -0.15) is 0 Å². The Hall–Kier alpha value is -1.10. The van der Waals surface area contributed by atoms with Gasteiger partial charge in [0.2, 0.25) is 5.91 Å². The van der Waals surface area contributed by atoms with Gasteiger partial charge in [-0.15, -0.1) is 0 Å². The van der Waals surface area contributed by atoms with Crippen molar-refractivity contribution in [3.63, 3.8) is 0 Å². The van der Waals surface area contributed by atoms with Crippen LogP contribution in [0.1, 0.15) is 32.3 Å². The average molecular weight is 325 g/mol. The number of carbonyl (C=O) groups excluding carboxylic acids is 1. The molecule has 0 aromatic heterocycles. The summed E-state index contributed by atoms with van der Waals surface area (Å²) in [6, 6.07) is 7.89. The number of amides is 1. The molecule has 0 unspecified atom stereocenters. The predicted molar refractivity (Wildman–Crippen MR) is 89.3 cm³/mol. The van der Waals surface area contributed by atoms with Gasteiger partial charge in [0.15, 0.2) is 0 Å². The van der Waals surface area contributed by atoms with Crippen LogP contribution in [0.25, 0.3) is 0 Å². The SMILES string of the molecule is CCN[C@H](C)CNC(=O)C1(c2ccccc2Cl)CCOCC1. The van der Waals surface area contributed by atoms with Crippen LogP contribution < -0.4 is 10.6 Å². The van der Waals surface area contributed by atoms with Crippen molar-refractivity contribution in [2.45, 2.75) is 38.1 Å². The fourth-order valence-corrected chi connectivity index (χ4v) is 3.34. The van der Waals surface area contributed by atoms with Gasteiger partial charge in [0.1, 0.15) is 0 Å². The average Bonchev–Trinajstić information content (AvgIpc) is 2.54. The van der Waals surface area contributed by atoms with E-state index >= 15 is 0 Å². The van der Waals surface area contributed by atoms with Crippen LogP contribution in [0.2, 0.25) is 5.02 Å². The molecule has 1 atom stereocenters. The lowest BCUT2D eigenvalue weighted by atomic mass is 9.73. The first kappa shape index (κ1) is 17.3. The summed E-state index contributed by atoms with van der Waals surface area (Å²) in [5.41, 5.74) is 0.330. The third-order valence-corrected chi connectivity index (χ3v) is 4.62. The summed E-state index contributed by atoms with van der Waals surface area (Å²) in [5, 5.41) is 7.04. The number of rotatable bonds is 6. The van der Waals surface area contributed by atoms with Gasteiger partial charge in [0, 0.05) is 30.8 Å². The first-order chi connectivity index (χ1) is 10.6. The lowest BCUT2D eigenvalue weighted by Crippen LogP contribution is -2.50. The second-order valence-corrected chi connectivity index (χ2v) is 6.25. The summed E-state index contributed by atoms with van der Waals surface area (Å²) in [6.07, 6.45) is 1.33. The third kappa shape index (κ3) is 3.80. The Morgan fingerprint density at radius 1 is 1.36 bits per heavy atom. The van der Waals surface area contributed by atoms with E-state index < -0.39 is 5.41 Å². The summed E-state index contributed by atoms with van der Waals surface area (Å²) in [6.45, 7) is 6.79. The smallest absolute Gasteiger partial charge is 0.230 e. The molecule has 1 aromatic carbocycles. The molecule has 1 aromatic rings. The van der Waals surface area contributed by atoms with Crippen LogP contribution in [0, 0.1) is 0 Å². The van der Waals surface area contributed by atoms with E-state index in [1.54, 1.807) is 0 Å². The maximum absolute atomic E-state index is 12.9. The number of hydrogen-bond acceptors (Lipinski definition) is 3. The molecule has 2 N–H and O–H groups in total.